The number of aromatic amines is 1. The van der Waals surface area contributed by atoms with E-state index in [-0.39, 0.29) is 11.7 Å². The monoisotopic (exact) mass is 340 g/mol. The largest absolute Gasteiger partial charge is 0.494 e. The van der Waals surface area contributed by atoms with Crippen LogP contribution >= 0.6 is 0 Å². The first-order valence-corrected chi connectivity index (χ1v) is 8.24. The van der Waals surface area contributed by atoms with E-state index >= 15 is 0 Å². The highest BCUT2D eigenvalue weighted by molar-refractivity contribution is 5.98. The summed E-state index contributed by atoms with van der Waals surface area (Å²) in [5, 5.41) is 0.860. The Hall–Kier alpha value is -2.82. The van der Waals surface area contributed by atoms with Crippen LogP contribution in [0.25, 0.3) is 10.9 Å². The molecule has 1 heterocycles. The molecule has 0 aliphatic heterocycles. The zero-order chi connectivity index (χ0) is 18.0. The van der Waals surface area contributed by atoms with Gasteiger partial charge in [0.2, 0.25) is 0 Å². The van der Waals surface area contributed by atoms with Crippen LogP contribution in [0.1, 0.15) is 28.5 Å². The zero-order valence-electron chi connectivity index (χ0n) is 14.6. The van der Waals surface area contributed by atoms with E-state index in [0.717, 1.165) is 22.3 Å². The van der Waals surface area contributed by atoms with Crippen molar-refractivity contribution in [3.8, 4) is 5.75 Å². The van der Waals surface area contributed by atoms with Gasteiger partial charge < -0.3 is 14.6 Å². The van der Waals surface area contributed by atoms with Gasteiger partial charge in [-0.2, -0.15) is 0 Å². The Morgan fingerprint density at radius 1 is 1.20 bits per heavy atom. The topological polar surface area (TPSA) is 45.3 Å². The summed E-state index contributed by atoms with van der Waals surface area (Å²) < 4.78 is 18.9. The number of fused-ring (bicyclic) bond motifs is 1. The van der Waals surface area contributed by atoms with Gasteiger partial charge in [0.15, 0.2) is 0 Å². The maximum atomic E-state index is 13.5. The van der Waals surface area contributed by atoms with E-state index in [0.29, 0.717) is 24.4 Å². The van der Waals surface area contributed by atoms with Crippen molar-refractivity contribution in [3.05, 3.63) is 65.1 Å². The van der Waals surface area contributed by atoms with Crippen LogP contribution in [-0.2, 0) is 6.54 Å². The van der Waals surface area contributed by atoms with Crippen LogP contribution in [0.2, 0.25) is 0 Å². The van der Waals surface area contributed by atoms with E-state index in [2.05, 4.69) is 4.98 Å². The first-order chi connectivity index (χ1) is 12.0. The Bertz CT molecular complexity index is 900. The Labute approximate surface area is 146 Å². The van der Waals surface area contributed by atoms with E-state index < -0.39 is 0 Å². The molecule has 1 aromatic heterocycles. The molecule has 0 bridgehead atoms. The lowest BCUT2D eigenvalue weighted by molar-refractivity contribution is 0.0780. The van der Waals surface area contributed by atoms with Crippen molar-refractivity contribution in [2.24, 2.45) is 0 Å². The number of amides is 1. The SMILES string of the molecule is CCOc1ccc(CN(C)C(=O)c2cc3c(C)cc(F)cc3[nH]2)cc1. The molecular weight excluding hydrogens is 319 g/mol. The van der Waals surface area contributed by atoms with Crippen molar-refractivity contribution in [2.45, 2.75) is 20.4 Å². The number of benzene rings is 2. The third-order valence-corrected chi connectivity index (χ3v) is 4.14. The molecule has 0 aliphatic carbocycles. The smallest absolute Gasteiger partial charge is 0.270 e. The number of halogens is 1. The number of aromatic nitrogens is 1. The second kappa shape index (κ2) is 6.97. The predicted molar refractivity (Wildman–Crippen MR) is 96.4 cm³/mol. The average Bonchev–Trinajstić information content (AvgIpc) is 3.00. The van der Waals surface area contributed by atoms with Crippen LogP contribution < -0.4 is 4.74 Å². The Kier molecular flexibility index (Phi) is 4.74. The zero-order valence-corrected chi connectivity index (χ0v) is 14.6. The van der Waals surface area contributed by atoms with Crippen LogP contribution in [0.4, 0.5) is 4.39 Å². The highest BCUT2D eigenvalue weighted by Crippen LogP contribution is 2.22. The minimum Gasteiger partial charge on any atom is -0.494 e. The highest BCUT2D eigenvalue weighted by atomic mass is 19.1. The molecular formula is C20H21FN2O2. The van der Waals surface area contributed by atoms with Crippen molar-refractivity contribution in [2.75, 3.05) is 13.7 Å². The van der Waals surface area contributed by atoms with E-state index in [1.807, 2.05) is 38.1 Å². The molecule has 25 heavy (non-hydrogen) atoms. The lowest BCUT2D eigenvalue weighted by Gasteiger charge is -2.16. The Morgan fingerprint density at radius 3 is 2.60 bits per heavy atom. The maximum Gasteiger partial charge on any atom is 0.270 e. The Balaban J connectivity index is 1.77. The van der Waals surface area contributed by atoms with Crippen molar-refractivity contribution >= 4 is 16.8 Å². The lowest BCUT2D eigenvalue weighted by Crippen LogP contribution is -2.26. The quantitative estimate of drug-likeness (QED) is 0.753. The van der Waals surface area contributed by atoms with Crippen molar-refractivity contribution < 1.29 is 13.9 Å². The minimum absolute atomic E-state index is 0.134. The minimum atomic E-state index is -0.311. The number of nitrogens with zero attached hydrogens (tertiary/aromatic N) is 1. The van der Waals surface area contributed by atoms with Gasteiger partial charge in [0.1, 0.15) is 17.3 Å². The number of H-pyrrole nitrogens is 1. The van der Waals surface area contributed by atoms with Crippen LogP contribution in [-0.4, -0.2) is 29.4 Å². The van der Waals surface area contributed by atoms with Gasteiger partial charge in [0.05, 0.1) is 6.61 Å². The van der Waals surface area contributed by atoms with Gasteiger partial charge in [-0.05, 0) is 55.3 Å². The molecule has 0 atom stereocenters. The maximum absolute atomic E-state index is 13.5. The first-order valence-electron chi connectivity index (χ1n) is 8.24. The van der Waals surface area contributed by atoms with Gasteiger partial charge in [0.25, 0.3) is 5.91 Å². The third-order valence-electron chi connectivity index (χ3n) is 4.14. The van der Waals surface area contributed by atoms with Gasteiger partial charge in [-0.1, -0.05) is 12.1 Å². The summed E-state index contributed by atoms with van der Waals surface area (Å²) in [7, 11) is 1.75. The molecule has 0 aliphatic rings. The normalized spacial score (nSPS) is 10.9. The summed E-state index contributed by atoms with van der Waals surface area (Å²) in [5.41, 5.74) is 2.91. The Morgan fingerprint density at radius 2 is 1.92 bits per heavy atom. The number of rotatable bonds is 5. The highest BCUT2D eigenvalue weighted by Gasteiger charge is 2.16. The summed E-state index contributed by atoms with van der Waals surface area (Å²) in [4.78, 5) is 17.3. The summed E-state index contributed by atoms with van der Waals surface area (Å²) in [6, 6.07) is 12.3. The molecule has 5 heteroatoms. The summed E-state index contributed by atoms with van der Waals surface area (Å²) in [6.07, 6.45) is 0. The molecule has 4 nitrogen and oxygen atoms in total. The van der Waals surface area contributed by atoms with E-state index in [9.17, 15) is 9.18 Å². The van der Waals surface area contributed by atoms with E-state index in [4.69, 9.17) is 4.74 Å². The second-order valence-corrected chi connectivity index (χ2v) is 6.11. The molecule has 0 fully saturated rings. The van der Waals surface area contributed by atoms with Gasteiger partial charge >= 0.3 is 0 Å². The standard InChI is InChI=1S/C20H21FN2O2/c1-4-25-16-7-5-14(6-8-16)12-23(3)20(24)19-11-17-13(2)9-15(21)10-18(17)22-19/h5-11,22H,4,12H2,1-3H3. The molecule has 0 saturated carbocycles. The number of nitrogens with one attached hydrogen (secondary N) is 1. The van der Waals surface area contributed by atoms with Crippen molar-refractivity contribution in [3.63, 3.8) is 0 Å². The number of aryl methyl sites for hydroxylation is 1. The number of carbonyl (C=O) groups is 1. The molecule has 0 spiro atoms. The fourth-order valence-corrected chi connectivity index (χ4v) is 2.90. The molecule has 0 saturated heterocycles. The molecule has 2 aromatic carbocycles. The number of carbonyl (C=O) groups excluding carboxylic acids is 1. The van der Waals surface area contributed by atoms with E-state index in [1.165, 1.54) is 12.1 Å². The van der Waals surface area contributed by atoms with Crippen LogP contribution in [0.15, 0.2) is 42.5 Å². The molecule has 0 radical (unpaired) electrons. The molecule has 1 N–H and O–H groups in total. The first kappa shape index (κ1) is 17.0. The van der Waals surface area contributed by atoms with Gasteiger partial charge in [-0.3, -0.25) is 4.79 Å². The summed E-state index contributed by atoms with van der Waals surface area (Å²) in [5.74, 6) is 0.367. The van der Waals surface area contributed by atoms with Gasteiger partial charge in [-0.25, -0.2) is 4.39 Å². The molecule has 0 unspecified atom stereocenters. The molecule has 3 rings (SSSR count). The summed E-state index contributed by atoms with van der Waals surface area (Å²) in [6.45, 7) is 4.87. The van der Waals surface area contributed by atoms with Gasteiger partial charge in [-0.15, -0.1) is 0 Å². The van der Waals surface area contributed by atoms with Crippen LogP contribution in [0.3, 0.4) is 0 Å². The average molecular weight is 340 g/mol. The van der Waals surface area contributed by atoms with Crippen LogP contribution in [0.5, 0.6) is 5.75 Å². The second-order valence-electron chi connectivity index (χ2n) is 6.11. The fraction of sp³-hybridized carbons (Fsp3) is 0.250. The van der Waals surface area contributed by atoms with Crippen molar-refractivity contribution in [1.29, 1.82) is 0 Å². The molecule has 130 valence electrons. The van der Waals surface area contributed by atoms with Crippen molar-refractivity contribution in [1.82, 2.24) is 9.88 Å². The van der Waals surface area contributed by atoms with E-state index in [1.54, 1.807) is 18.0 Å². The molecule has 3 aromatic rings. The van der Waals surface area contributed by atoms with Gasteiger partial charge in [0, 0.05) is 24.5 Å². The predicted octanol–water partition coefficient (Wildman–Crippen LogP) is 4.29. The third kappa shape index (κ3) is 3.65. The molecule has 1 amide bonds. The number of hydrogen-bond donors (Lipinski definition) is 1. The number of ether oxygens (including phenoxy) is 1. The number of hydrogen-bond acceptors (Lipinski definition) is 2. The lowest BCUT2D eigenvalue weighted by atomic mass is 10.1. The summed E-state index contributed by atoms with van der Waals surface area (Å²) >= 11 is 0. The van der Waals surface area contributed by atoms with Crippen LogP contribution in [0, 0.1) is 12.7 Å². The fourth-order valence-electron chi connectivity index (χ4n) is 2.90.